The fourth-order valence-corrected chi connectivity index (χ4v) is 13.5. The van der Waals surface area contributed by atoms with Gasteiger partial charge in [-0.15, -0.1) is 0 Å². The number of nitrogen functional groups attached to an aromatic ring is 2. The first-order valence-corrected chi connectivity index (χ1v) is 37.9. The van der Waals surface area contributed by atoms with Crippen molar-refractivity contribution in [3.8, 4) is 0 Å². The first-order chi connectivity index (χ1) is 56.6. The van der Waals surface area contributed by atoms with Gasteiger partial charge in [-0.2, -0.15) is 0 Å². The lowest BCUT2D eigenvalue weighted by Crippen LogP contribution is -2.46. The summed E-state index contributed by atoms with van der Waals surface area (Å²) in [7, 11) is 0. The number of hydrogen-bond donors (Lipinski definition) is 11. The molecule has 0 bridgehead atoms. The molecule has 14 rings (SSSR count). The Bertz CT molecular complexity index is 6190. The van der Waals surface area contributed by atoms with E-state index in [4.69, 9.17) is 26.7 Å². The lowest BCUT2D eigenvalue weighted by molar-refractivity contribution is 0.0624. The number of anilines is 8. The van der Waals surface area contributed by atoms with Gasteiger partial charge in [0.2, 0.25) is 0 Å². The molecule has 0 radical (unpaired) electrons. The van der Waals surface area contributed by atoms with Crippen LogP contribution >= 0.6 is 31.9 Å². The van der Waals surface area contributed by atoms with Crippen LogP contribution in [-0.4, -0.2) is 101 Å². The second-order valence-corrected chi connectivity index (χ2v) is 31.3. The number of Topliss-reactive ketones (excluding diaryl/α,β-unsaturated/α-hetero) is 1. The minimum atomic E-state index is -1.30. The number of primary amides is 1. The summed E-state index contributed by atoms with van der Waals surface area (Å²) >= 11 is 6.25. The second kappa shape index (κ2) is 36.8. The van der Waals surface area contributed by atoms with Crippen LogP contribution in [0.2, 0.25) is 0 Å². The van der Waals surface area contributed by atoms with E-state index in [9.17, 15) is 70.3 Å². The van der Waals surface area contributed by atoms with Crippen LogP contribution < -0.4 is 76.7 Å². The minimum absolute atomic E-state index is 0.112. The molecular formula is C82H82Br2F4N20O13. The number of benzene rings is 4. The normalized spacial score (nSPS) is 15.7. The van der Waals surface area contributed by atoms with E-state index < -0.39 is 86.7 Å². The molecule has 3 atom stereocenters. The van der Waals surface area contributed by atoms with Crippen molar-refractivity contribution in [2.75, 3.05) is 32.7 Å². The van der Waals surface area contributed by atoms with E-state index >= 15 is 0 Å². The maximum atomic E-state index is 14.0. The van der Waals surface area contributed by atoms with E-state index in [1.54, 1.807) is 139 Å². The summed E-state index contributed by atoms with van der Waals surface area (Å²) < 4.78 is 68.7. The number of fused-ring (bicyclic) bond motifs is 3. The van der Waals surface area contributed by atoms with Crippen LogP contribution in [0.5, 0.6) is 0 Å². The number of aryl methyl sites for hydroxylation is 4. The predicted molar refractivity (Wildman–Crippen MR) is 449 cm³/mol. The summed E-state index contributed by atoms with van der Waals surface area (Å²) in [5, 5.41) is 19.2. The molecule has 0 spiro atoms. The lowest BCUT2D eigenvalue weighted by Gasteiger charge is -2.28. The third kappa shape index (κ3) is 21.8. The van der Waals surface area contributed by atoms with Crippen molar-refractivity contribution in [3.05, 3.63) is 299 Å². The zero-order chi connectivity index (χ0) is 89.3. The van der Waals surface area contributed by atoms with Crippen LogP contribution in [-0.2, 0) is 26.5 Å². The Morgan fingerprint density at radius 1 is 0.446 bits per heavy atom. The van der Waals surface area contributed by atoms with Crippen molar-refractivity contribution in [2.24, 2.45) is 5.73 Å². The molecule has 0 aliphatic carbocycles. The summed E-state index contributed by atoms with van der Waals surface area (Å²) in [4.78, 5) is 158. The molecule has 7 aromatic heterocycles. The van der Waals surface area contributed by atoms with Crippen LogP contribution in [0.4, 0.5) is 73.4 Å². The van der Waals surface area contributed by atoms with Gasteiger partial charge in [0.1, 0.15) is 139 Å². The molecule has 630 valence electrons. The third-order valence-corrected chi connectivity index (χ3v) is 19.0. The average Bonchev–Trinajstić information content (AvgIpc) is 1.59. The fraction of sp³-hybridized carbons (Fsp3) is 0.232. The van der Waals surface area contributed by atoms with E-state index in [-0.39, 0.29) is 80.4 Å². The third-order valence-electron chi connectivity index (χ3n) is 17.8. The topological polar surface area (TPSA) is 476 Å². The fourth-order valence-electron chi connectivity index (χ4n) is 12.5. The van der Waals surface area contributed by atoms with E-state index in [1.807, 2.05) is 0 Å². The molecule has 33 nitrogen and oxygen atoms in total. The Hall–Kier alpha value is -14.1. The maximum absolute atomic E-state index is 14.0. The first-order valence-electron chi connectivity index (χ1n) is 36.3. The number of ketones is 1. The highest BCUT2D eigenvalue weighted by molar-refractivity contribution is 9.10. The molecule has 0 saturated heterocycles. The number of nitrogens with two attached hydrogens (primary N) is 3. The molecular weight excluding hydrogens is 1710 g/mol. The highest BCUT2D eigenvalue weighted by Crippen LogP contribution is 2.36. The van der Waals surface area contributed by atoms with E-state index in [1.165, 1.54) is 131 Å². The van der Waals surface area contributed by atoms with Gasteiger partial charge < -0.3 is 58.2 Å². The van der Waals surface area contributed by atoms with Gasteiger partial charge in [0.05, 0.1) is 8.95 Å². The molecule has 3 aliphatic heterocycles. The average molecular weight is 1790 g/mol. The largest absolute Gasteiger partial charge is 0.444 e. The van der Waals surface area contributed by atoms with Gasteiger partial charge in [0.15, 0.2) is 5.78 Å². The number of carbonyl (C=O) groups excluding carboxylic acids is 7. The monoisotopic (exact) mass is 1790 g/mol. The molecule has 4 aromatic carbocycles. The number of nitrogens with one attached hydrogen (secondary N) is 8. The van der Waals surface area contributed by atoms with Crippen molar-refractivity contribution < 1.29 is 60.6 Å². The number of carbonyl (C=O) groups is 7. The molecule has 3 aliphatic rings. The molecule has 11 aromatic rings. The van der Waals surface area contributed by atoms with Gasteiger partial charge in [-0.05, 0) is 224 Å². The number of aromatic amines is 1. The van der Waals surface area contributed by atoms with E-state index in [0.29, 0.717) is 70.8 Å². The van der Waals surface area contributed by atoms with Crippen LogP contribution in [0.15, 0.2) is 187 Å². The van der Waals surface area contributed by atoms with Crippen molar-refractivity contribution in [1.82, 2.24) is 64.5 Å². The Balaban J connectivity index is 0.000000174. The smallest absolute Gasteiger partial charge is 0.413 e. The molecule has 0 saturated carbocycles. The number of pyridine rings is 4. The van der Waals surface area contributed by atoms with Crippen molar-refractivity contribution >= 4 is 120 Å². The number of hydrogen-bond acceptors (Lipinski definition) is 23. The Morgan fingerprint density at radius 3 is 1.15 bits per heavy atom. The number of H-pyrrole nitrogens is 1. The summed E-state index contributed by atoms with van der Waals surface area (Å²) in [5.41, 5.74) is 15.0. The van der Waals surface area contributed by atoms with E-state index in [2.05, 4.69) is 104 Å². The van der Waals surface area contributed by atoms with Gasteiger partial charge in [0, 0.05) is 40.5 Å². The van der Waals surface area contributed by atoms with Crippen molar-refractivity contribution in [2.45, 2.75) is 125 Å². The van der Waals surface area contributed by atoms with Gasteiger partial charge in [-0.1, -0.05) is 48.5 Å². The Labute approximate surface area is 704 Å². The zero-order valence-corrected chi connectivity index (χ0v) is 70.5. The minimum Gasteiger partial charge on any atom is -0.444 e. The number of amides is 6. The Kier molecular flexibility index (Phi) is 27.6. The van der Waals surface area contributed by atoms with Gasteiger partial charge in [-0.3, -0.25) is 67.5 Å². The number of ether oxygens (including phenoxy) is 2. The van der Waals surface area contributed by atoms with Crippen LogP contribution in [0, 0.1) is 51.0 Å². The quantitative estimate of drug-likeness (QED) is 0.0423. The van der Waals surface area contributed by atoms with Crippen molar-refractivity contribution in [3.63, 3.8) is 0 Å². The molecule has 10 heterocycles. The summed E-state index contributed by atoms with van der Waals surface area (Å²) in [6, 6.07) is 33.7. The van der Waals surface area contributed by atoms with Gasteiger partial charge >= 0.3 is 12.2 Å². The SMILES string of the molecule is CC(=O)c1cccc(F)c1.CC(C)(C)OC(=O)Nc1cc(N)ncn1.Cc1cc(Br)c(=O)[nH]c1C(N)=O.Cc1cc(Br)c(=O)n2c1C(=O)NC2(C)c1cccc(F)c1.Cc1cc(Nc2cc(N)ncn2)c(=O)n2c1C(=O)NC2(C)c1cccc(F)c1.Cc1cc(Nc2cc(NC(=O)OC(C)(C)C)ncn2)c(=O)n2c1C(=O)NC2(C)c1cccc(F)c1. The van der Waals surface area contributed by atoms with Gasteiger partial charge in [-0.25, -0.2) is 57.1 Å². The summed E-state index contributed by atoms with van der Waals surface area (Å²) in [5.74, 6) is -2.08. The number of aromatic nitrogens is 10. The molecule has 0 fully saturated rings. The first kappa shape index (κ1) is 90.8. The highest BCUT2D eigenvalue weighted by atomic mass is 79.9. The summed E-state index contributed by atoms with van der Waals surface area (Å²) in [6.45, 7) is 23.8. The molecule has 3 unspecified atom stereocenters. The number of nitrogens with zero attached hydrogens (tertiary/aromatic N) is 9. The number of halogens is 6. The molecule has 39 heteroatoms. The summed E-state index contributed by atoms with van der Waals surface area (Å²) in [6.07, 6.45) is 2.50. The maximum Gasteiger partial charge on any atom is 0.413 e. The standard InChI is InChI=1S/C24H25FN6O4.C19H17FN6O2.C15H12BrFN2O2.C9H14N4O2.C8H7FO.C7H7BrN2O2/c1-13-9-16(28-17-11-18(27-12-26-17)29-22(34)35-23(2,3)4)21(33)31-19(13)20(32)30-24(31,5)14-7-6-8-15(25)10-14;1-10-6-13(24-15-8-14(21)22-9-23-15)18(28)26-16(10)17(27)25-19(26,2)11-4-3-5-12(20)7-11;1-8-6-11(16)14(21)19-12(8)13(20)18-15(19,2)9-4-3-5-10(17)7-9;1-9(2,3)15-8(14)13-7-4-6(10)11-5-12-7;1-6(10)7-3-2-4-8(9)5-7;1-3-2-4(8)7(12)10-5(3)6(9)11/h6-12H,1-5H3,(H,30,32)(H2,26,27,28,29,34);3-9H,1-2H3,(H,25,27)(H3,21,22,23,24);3-7H,1-2H3,(H,18,20);4-5H,1-3H3,(H3,10,11,12,13,14);2-5H,1H3;2H,1H3,(H2,9,11)(H,10,12). The van der Waals surface area contributed by atoms with Crippen LogP contribution in [0.1, 0.15) is 160 Å². The second-order valence-electron chi connectivity index (χ2n) is 29.6. The van der Waals surface area contributed by atoms with E-state index in [0.717, 1.165) is 0 Å². The highest BCUT2D eigenvalue weighted by Gasteiger charge is 2.46. The zero-order valence-electron chi connectivity index (χ0n) is 67.3. The molecule has 121 heavy (non-hydrogen) atoms. The Morgan fingerprint density at radius 2 is 0.785 bits per heavy atom. The van der Waals surface area contributed by atoms with Crippen LogP contribution in [0.3, 0.4) is 0 Å². The predicted octanol–water partition coefficient (Wildman–Crippen LogP) is 12.0. The van der Waals surface area contributed by atoms with Gasteiger partial charge in [0.25, 0.3) is 45.9 Å². The molecule has 14 N–H and O–H groups in total. The number of rotatable bonds is 11. The molecule has 6 amide bonds. The lowest BCUT2D eigenvalue weighted by atomic mass is 10.0. The van der Waals surface area contributed by atoms with Crippen LogP contribution in [0.25, 0.3) is 0 Å². The van der Waals surface area contributed by atoms with Crippen molar-refractivity contribution in [1.29, 1.82) is 0 Å².